The first-order valence-corrected chi connectivity index (χ1v) is 11.3. The Labute approximate surface area is 197 Å². The van der Waals surface area contributed by atoms with Gasteiger partial charge in [-0.3, -0.25) is 14.0 Å². The van der Waals surface area contributed by atoms with Crippen LogP contribution in [0.4, 0.5) is 5.82 Å². The number of methoxy groups -OCH3 is 1. The number of benzene rings is 2. The van der Waals surface area contributed by atoms with Gasteiger partial charge in [-0.05, 0) is 25.0 Å². The zero-order valence-electron chi connectivity index (χ0n) is 18.8. The van der Waals surface area contributed by atoms with Crippen LogP contribution in [0.3, 0.4) is 0 Å². The number of nitrogens with zero attached hydrogens (tertiary/aromatic N) is 3. The number of amides is 1. The van der Waals surface area contributed by atoms with Crippen molar-refractivity contribution in [3.8, 4) is 22.5 Å². The first-order valence-electron chi connectivity index (χ1n) is 11.3. The van der Waals surface area contributed by atoms with Crippen molar-refractivity contribution in [3.63, 3.8) is 0 Å². The predicted molar refractivity (Wildman–Crippen MR) is 129 cm³/mol. The highest BCUT2D eigenvalue weighted by molar-refractivity contribution is 5.95. The summed E-state index contributed by atoms with van der Waals surface area (Å²) in [6.07, 6.45) is 6.07. The number of fused-ring (bicyclic) bond motifs is 1. The van der Waals surface area contributed by atoms with E-state index in [-0.39, 0.29) is 18.3 Å². The Morgan fingerprint density at radius 3 is 2.53 bits per heavy atom. The van der Waals surface area contributed by atoms with E-state index in [0.717, 1.165) is 35.4 Å². The van der Waals surface area contributed by atoms with Gasteiger partial charge in [0.15, 0.2) is 11.5 Å². The monoisotopic (exact) mass is 455 g/mol. The molecule has 8 heteroatoms. The fraction of sp³-hybridized carbons (Fsp3) is 0.231. The molecule has 1 amide bonds. The molecule has 2 heterocycles. The fourth-order valence-electron chi connectivity index (χ4n) is 3.74. The third-order valence-corrected chi connectivity index (χ3v) is 5.77. The largest absolute Gasteiger partial charge is 0.469 e. The molecule has 4 aromatic rings. The number of hydrogen-bond donors (Lipinski definition) is 2. The lowest BCUT2D eigenvalue weighted by molar-refractivity contribution is -0.140. The summed E-state index contributed by atoms with van der Waals surface area (Å²) in [5.74, 6) is 0.245. The molecule has 172 valence electrons. The van der Waals surface area contributed by atoms with Crippen LogP contribution in [0.1, 0.15) is 29.6 Å². The minimum Gasteiger partial charge on any atom is -0.469 e. The van der Waals surface area contributed by atoms with Crippen molar-refractivity contribution in [3.05, 3.63) is 72.6 Å². The average molecular weight is 456 g/mol. The van der Waals surface area contributed by atoms with Gasteiger partial charge in [0, 0.05) is 35.5 Å². The first-order chi connectivity index (χ1) is 16.6. The maximum absolute atomic E-state index is 12.3. The quantitative estimate of drug-likeness (QED) is 0.391. The molecule has 0 aliphatic heterocycles. The van der Waals surface area contributed by atoms with E-state index in [9.17, 15) is 9.59 Å². The Morgan fingerprint density at radius 1 is 1.06 bits per heavy atom. The van der Waals surface area contributed by atoms with Crippen LogP contribution in [0.5, 0.6) is 0 Å². The van der Waals surface area contributed by atoms with Gasteiger partial charge in [0.2, 0.25) is 0 Å². The summed E-state index contributed by atoms with van der Waals surface area (Å²) in [5.41, 5.74) is 4.83. The van der Waals surface area contributed by atoms with Gasteiger partial charge < -0.3 is 15.4 Å². The number of esters is 1. The van der Waals surface area contributed by atoms with Gasteiger partial charge >= 0.3 is 5.97 Å². The molecule has 2 aromatic carbocycles. The maximum Gasteiger partial charge on any atom is 0.307 e. The minimum absolute atomic E-state index is 0.0418. The normalized spacial score (nSPS) is 13.0. The summed E-state index contributed by atoms with van der Waals surface area (Å²) in [6, 6.07) is 17.7. The topological polar surface area (TPSA) is 97.6 Å². The van der Waals surface area contributed by atoms with Gasteiger partial charge in [-0.1, -0.05) is 42.5 Å². The maximum atomic E-state index is 12.3. The summed E-state index contributed by atoms with van der Waals surface area (Å²) in [6.45, 7) is 0.376. The second-order valence-corrected chi connectivity index (χ2v) is 8.26. The number of hydrogen-bond acceptors (Lipinski definition) is 6. The number of anilines is 1. The highest BCUT2D eigenvalue weighted by Crippen LogP contribution is 2.28. The van der Waals surface area contributed by atoms with Gasteiger partial charge in [-0.2, -0.15) is 0 Å². The zero-order valence-corrected chi connectivity index (χ0v) is 18.8. The number of carbonyl (C=O) groups is 2. The molecule has 0 saturated heterocycles. The SMILES string of the molecule is COC(=O)CCNc1nc(-c2ccccc2)cn2c(-c3ccc(C(=O)NC4CC4)cc3)cnc12. The van der Waals surface area contributed by atoms with Crippen LogP contribution in [0.25, 0.3) is 28.2 Å². The lowest BCUT2D eigenvalue weighted by Gasteiger charge is -2.11. The van der Waals surface area contributed by atoms with Crippen molar-refractivity contribution < 1.29 is 14.3 Å². The molecule has 0 spiro atoms. The van der Waals surface area contributed by atoms with Crippen molar-refractivity contribution >= 4 is 23.3 Å². The molecular weight excluding hydrogens is 430 g/mol. The van der Waals surface area contributed by atoms with Crippen LogP contribution in [0, 0.1) is 0 Å². The number of ether oxygens (including phenoxy) is 1. The van der Waals surface area contributed by atoms with Crippen LogP contribution in [-0.4, -0.2) is 45.9 Å². The Hall–Kier alpha value is -4.20. The van der Waals surface area contributed by atoms with Gasteiger partial charge in [0.1, 0.15) is 0 Å². The molecule has 2 aromatic heterocycles. The molecule has 0 unspecified atom stereocenters. The average Bonchev–Trinajstić information content (AvgIpc) is 3.59. The number of imidazole rings is 1. The molecule has 1 fully saturated rings. The molecule has 2 N–H and O–H groups in total. The molecule has 5 rings (SSSR count). The van der Waals surface area contributed by atoms with Crippen LogP contribution >= 0.6 is 0 Å². The summed E-state index contributed by atoms with van der Waals surface area (Å²) < 4.78 is 6.71. The second kappa shape index (κ2) is 9.35. The smallest absolute Gasteiger partial charge is 0.307 e. The third kappa shape index (κ3) is 4.61. The van der Waals surface area contributed by atoms with Crippen molar-refractivity contribution in [2.45, 2.75) is 25.3 Å². The van der Waals surface area contributed by atoms with Crippen LogP contribution in [0.15, 0.2) is 67.0 Å². The first kappa shape index (κ1) is 21.6. The van der Waals surface area contributed by atoms with E-state index in [1.807, 2.05) is 65.2 Å². The van der Waals surface area contributed by atoms with E-state index < -0.39 is 0 Å². The Balaban J connectivity index is 1.50. The Morgan fingerprint density at radius 2 is 1.82 bits per heavy atom. The van der Waals surface area contributed by atoms with E-state index >= 15 is 0 Å². The number of aromatic nitrogens is 3. The van der Waals surface area contributed by atoms with Gasteiger partial charge in [-0.25, -0.2) is 9.97 Å². The van der Waals surface area contributed by atoms with Gasteiger partial charge in [-0.15, -0.1) is 0 Å². The second-order valence-electron chi connectivity index (χ2n) is 8.26. The van der Waals surface area contributed by atoms with E-state index in [2.05, 4.69) is 15.6 Å². The number of nitrogens with one attached hydrogen (secondary N) is 2. The summed E-state index contributed by atoms with van der Waals surface area (Å²) in [7, 11) is 1.37. The Kier molecular flexibility index (Phi) is 5.95. The highest BCUT2D eigenvalue weighted by Gasteiger charge is 2.23. The third-order valence-electron chi connectivity index (χ3n) is 5.77. The minimum atomic E-state index is -0.294. The van der Waals surface area contributed by atoms with Gasteiger partial charge in [0.25, 0.3) is 5.91 Å². The highest BCUT2D eigenvalue weighted by atomic mass is 16.5. The van der Waals surface area contributed by atoms with E-state index in [1.54, 1.807) is 6.20 Å². The molecule has 8 nitrogen and oxygen atoms in total. The van der Waals surface area contributed by atoms with E-state index in [0.29, 0.717) is 29.6 Å². The molecular formula is C26H25N5O3. The fourth-order valence-corrected chi connectivity index (χ4v) is 3.74. The van der Waals surface area contributed by atoms with E-state index in [1.165, 1.54) is 7.11 Å². The predicted octanol–water partition coefficient (Wildman–Crippen LogP) is 3.93. The molecule has 1 aliphatic carbocycles. The molecule has 0 bridgehead atoms. The van der Waals surface area contributed by atoms with Crippen molar-refractivity contribution in [1.82, 2.24) is 19.7 Å². The summed E-state index contributed by atoms with van der Waals surface area (Å²) in [5, 5.41) is 6.24. The van der Waals surface area contributed by atoms with Crippen molar-refractivity contribution in [2.24, 2.45) is 0 Å². The molecule has 0 atom stereocenters. The van der Waals surface area contributed by atoms with Crippen LogP contribution in [0.2, 0.25) is 0 Å². The van der Waals surface area contributed by atoms with E-state index in [4.69, 9.17) is 9.72 Å². The molecule has 34 heavy (non-hydrogen) atoms. The lowest BCUT2D eigenvalue weighted by atomic mass is 10.1. The van der Waals surface area contributed by atoms with Gasteiger partial charge in [0.05, 0.1) is 31.1 Å². The molecule has 1 saturated carbocycles. The molecule has 1 aliphatic rings. The summed E-state index contributed by atoms with van der Waals surface area (Å²) in [4.78, 5) is 33.3. The zero-order chi connectivity index (χ0) is 23.5. The van der Waals surface area contributed by atoms with Crippen LogP contribution in [-0.2, 0) is 9.53 Å². The Bertz CT molecular complexity index is 1330. The van der Waals surface area contributed by atoms with Crippen molar-refractivity contribution in [1.29, 1.82) is 0 Å². The molecule has 0 radical (unpaired) electrons. The lowest BCUT2D eigenvalue weighted by Crippen LogP contribution is -2.25. The van der Waals surface area contributed by atoms with Crippen LogP contribution < -0.4 is 10.6 Å². The standard InChI is InChI=1S/C26H25N5O3/c1-34-23(32)13-14-27-24-25-28-15-22(31(25)16-21(30-24)17-5-3-2-4-6-17)18-7-9-19(10-8-18)26(33)29-20-11-12-20/h2-10,15-16,20H,11-14H2,1H3,(H,27,30)(H,29,33). The summed E-state index contributed by atoms with van der Waals surface area (Å²) >= 11 is 0. The number of carbonyl (C=O) groups excluding carboxylic acids is 2. The van der Waals surface area contributed by atoms with Crippen molar-refractivity contribution in [2.75, 3.05) is 19.0 Å². The number of rotatable bonds is 8.